The van der Waals surface area contributed by atoms with Crippen LogP contribution in [0.4, 0.5) is 10.5 Å². The topological polar surface area (TPSA) is 62.3 Å². The number of urea groups is 1. The van der Waals surface area contributed by atoms with Crippen LogP contribution in [-0.4, -0.2) is 73.8 Å². The van der Waals surface area contributed by atoms with Crippen molar-refractivity contribution in [3.63, 3.8) is 0 Å². The normalized spacial score (nSPS) is 23.2. The fraction of sp³-hybridized carbons (Fsp3) is 0.619. The molecule has 4 rings (SSSR count). The van der Waals surface area contributed by atoms with Crippen LogP contribution in [0.15, 0.2) is 24.3 Å². The minimum atomic E-state index is 0.0132. The maximum Gasteiger partial charge on any atom is 0.324 e. The molecule has 7 heteroatoms. The molecule has 0 aliphatic carbocycles. The van der Waals surface area contributed by atoms with Crippen molar-refractivity contribution in [2.24, 2.45) is 5.92 Å². The largest absolute Gasteiger partial charge is 0.486 e. The maximum absolute atomic E-state index is 13.2. The van der Waals surface area contributed by atoms with Gasteiger partial charge in [-0.2, -0.15) is 0 Å². The average molecular weight is 387 g/mol. The van der Waals surface area contributed by atoms with Gasteiger partial charge in [-0.05, 0) is 31.4 Å². The zero-order valence-electron chi connectivity index (χ0n) is 16.5. The lowest BCUT2D eigenvalue weighted by atomic mass is 9.95. The third-order valence-corrected chi connectivity index (χ3v) is 5.96. The highest BCUT2D eigenvalue weighted by molar-refractivity contribution is 5.94. The summed E-state index contributed by atoms with van der Waals surface area (Å²) in [6, 6.07) is 7.74. The highest BCUT2D eigenvalue weighted by Gasteiger charge is 2.35. The number of amides is 3. The number of para-hydroxylation sites is 2. The van der Waals surface area contributed by atoms with Crippen molar-refractivity contribution in [1.82, 2.24) is 9.80 Å². The zero-order chi connectivity index (χ0) is 19.5. The maximum atomic E-state index is 13.2. The molecule has 0 unspecified atom stereocenters. The quantitative estimate of drug-likeness (QED) is 0.782. The first kappa shape index (κ1) is 19.1. The monoisotopic (exact) mass is 387 g/mol. The van der Waals surface area contributed by atoms with Crippen molar-refractivity contribution in [1.29, 1.82) is 0 Å². The predicted molar refractivity (Wildman–Crippen MR) is 106 cm³/mol. The number of nitrogens with zero attached hydrogens (tertiary/aromatic N) is 3. The summed E-state index contributed by atoms with van der Waals surface area (Å²) in [7, 11) is 0. The molecule has 3 amide bonds. The summed E-state index contributed by atoms with van der Waals surface area (Å²) in [5.74, 6) is 1.01. The number of likely N-dealkylation sites (tertiary alicyclic amines) is 1. The van der Waals surface area contributed by atoms with E-state index in [9.17, 15) is 9.59 Å². The van der Waals surface area contributed by atoms with Gasteiger partial charge in [0.05, 0.1) is 25.4 Å². The number of fused-ring (bicyclic) bond motifs is 1. The smallest absolute Gasteiger partial charge is 0.324 e. The van der Waals surface area contributed by atoms with Crippen molar-refractivity contribution in [2.75, 3.05) is 50.8 Å². The highest BCUT2D eigenvalue weighted by Crippen LogP contribution is 2.35. The molecule has 0 bridgehead atoms. The van der Waals surface area contributed by atoms with Gasteiger partial charge in [0.2, 0.25) is 5.91 Å². The molecule has 0 radical (unpaired) electrons. The van der Waals surface area contributed by atoms with Gasteiger partial charge in [0.25, 0.3) is 0 Å². The average Bonchev–Trinajstić information content (AvgIpc) is 2.78. The lowest BCUT2D eigenvalue weighted by Gasteiger charge is -2.40. The number of ether oxygens (including phenoxy) is 2. The Labute approximate surface area is 166 Å². The number of hydrogen-bond acceptors (Lipinski definition) is 4. The van der Waals surface area contributed by atoms with E-state index in [-0.39, 0.29) is 24.0 Å². The van der Waals surface area contributed by atoms with Crippen LogP contribution in [0.5, 0.6) is 5.75 Å². The van der Waals surface area contributed by atoms with Crippen molar-refractivity contribution >= 4 is 17.6 Å². The zero-order valence-corrected chi connectivity index (χ0v) is 16.5. The summed E-state index contributed by atoms with van der Waals surface area (Å²) in [5.41, 5.74) is 0.837. The molecule has 0 N–H and O–H groups in total. The molecule has 0 saturated carbocycles. The van der Waals surface area contributed by atoms with Gasteiger partial charge >= 0.3 is 6.03 Å². The minimum Gasteiger partial charge on any atom is -0.486 e. The number of hydrogen-bond donors (Lipinski definition) is 0. The highest BCUT2D eigenvalue weighted by atomic mass is 16.5. The van der Waals surface area contributed by atoms with Crippen molar-refractivity contribution < 1.29 is 19.1 Å². The first-order valence-corrected chi connectivity index (χ1v) is 10.4. The van der Waals surface area contributed by atoms with E-state index in [4.69, 9.17) is 9.47 Å². The van der Waals surface area contributed by atoms with E-state index in [1.54, 1.807) is 0 Å². The Hall–Kier alpha value is -2.28. The second-order valence-electron chi connectivity index (χ2n) is 7.71. The third kappa shape index (κ3) is 3.81. The van der Waals surface area contributed by atoms with Crippen LogP contribution in [0.25, 0.3) is 0 Å². The van der Waals surface area contributed by atoms with Crippen LogP contribution < -0.4 is 9.64 Å². The second-order valence-corrected chi connectivity index (χ2v) is 7.71. The fourth-order valence-electron chi connectivity index (χ4n) is 4.22. The molecule has 28 heavy (non-hydrogen) atoms. The predicted octanol–water partition coefficient (Wildman–Crippen LogP) is 2.35. The number of morpholine rings is 1. The Bertz CT molecular complexity index is 711. The van der Waals surface area contributed by atoms with Crippen LogP contribution in [0.3, 0.4) is 0 Å². The van der Waals surface area contributed by atoms with Crippen LogP contribution in [0.2, 0.25) is 0 Å². The number of piperidine rings is 1. The summed E-state index contributed by atoms with van der Waals surface area (Å²) >= 11 is 0. The van der Waals surface area contributed by atoms with Gasteiger partial charge in [-0.3, -0.25) is 9.69 Å². The number of carbonyl (C=O) groups is 2. The van der Waals surface area contributed by atoms with Gasteiger partial charge < -0.3 is 19.3 Å². The first-order valence-electron chi connectivity index (χ1n) is 10.4. The Morgan fingerprint density at radius 1 is 1.04 bits per heavy atom. The van der Waals surface area contributed by atoms with Crippen LogP contribution in [0, 0.1) is 5.92 Å². The second kappa shape index (κ2) is 8.39. The van der Waals surface area contributed by atoms with Crippen molar-refractivity contribution in [3.05, 3.63) is 24.3 Å². The molecule has 7 nitrogen and oxygen atoms in total. The molecule has 3 heterocycles. The Morgan fingerprint density at radius 2 is 1.75 bits per heavy atom. The van der Waals surface area contributed by atoms with Crippen molar-refractivity contribution in [3.8, 4) is 5.75 Å². The molecule has 1 aromatic carbocycles. The van der Waals surface area contributed by atoms with Gasteiger partial charge in [-0.1, -0.05) is 19.1 Å². The molecule has 3 aliphatic heterocycles. The number of anilines is 1. The Balaban J connectivity index is 1.39. The summed E-state index contributed by atoms with van der Waals surface area (Å²) in [6.07, 6.45) is 2.32. The molecule has 1 atom stereocenters. The van der Waals surface area contributed by atoms with Crippen molar-refractivity contribution in [2.45, 2.75) is 32.3 Å². The van der Waals surface area contributed by atoms with Gasteiger partial charge in [-0.25, -0.2) is 4.79 Å². The van der Waals surface area contributed by atoms with E-state index < -0.39 is 0 Å². The fourth-order valence-corrected chi connectivity index (χ4v) is 4.22. The molecule has 0 spiro atoms. The lowest BCUT2D eigenvalue weighted by Crippen LogP contribution is -2.53. The van der Waals surface area contributed by atoms with E-state index in [0.717, 1.165) is 30.7 Å². The van der Waals surface area contributed by atoms with Crippen LogP contribution >= 0.6 is 0 Å². The van der Waals surface area contributed by atoms with Gasteiger partial charge in [0.1, 0.15) is 11.9 Å². The molecule has 0 aromatic heterocycles. The molecule has 2 fully saturated rings. The third-order valence-electron chi connectivity index (χ3n) is 5.96. The van der Waals surface area contributed by atoms with E-state index >= 15 is 0 Å². The van der Waals surface area contributed by atoms with Crippen LogP contribution in [0.1, 0.15) is 26.2 Å². The molecular weight excluding hydrogens is 358 g/mol. The molecule has 2 saturated heterocycles. The Kier molecular flexibility index (Phi) is 5.71. The SMILES string of the molecule is CC[C@H]1CN(C(=O)N2CCC(C(=O)N3CCOCC3)CC2)c2ccccc2O1. The van der Waals surface area contributed by atoms with Gasteiger partial charge in [-0.15, -0.1) is 0 Å². The summed E-state index contributed by atoms with van der Waals surface area (Å²) in [5, 5.41) is 0. The number of carbonyl (C=O) groups excluding carboxylic acids is 2. The van der Waals surface area contributed by atoms with E-state index in [0.29, 0.717) is 45.9 Å². The molecule has 152 valence electrons. The lowest BCUT2D eigenvalue weighted by molar-refractivity contribution is -0.141. The van der Waals surface area contributed by atoms with Crippen LogP contribution in [-0.2, 0) is 9.53 Å². The summed E-state index contributed by atoms with van der Waals surface area (Å²) < 4.78 is 11.3. The molecule has 1 aromatic rings. The minimum absolute atomic E-state index is 0.0132. The van der Waals surface area contributed by atoms with E-state index in [1.165, 1.54) is 0 Å². The number of benzene rings is 1. The van der Waals surface area contributed by atoms with E-state index in [2.05, 4.69) is 6.92 Å². The number of rotatable bonds is 2. The summed E-state index contributed by atoms with van der Waals surface area (Å²) in [6.45, 7) is 6.49. The van der Waals surface area contributed by atoms with E-state index in [1.807, 2.05) is 39.0 Å². The Morgan fingerprint density at radius 3 is 2.46 bits per heavy atom. The summed E-state index contributed by atoms with van der Waals surface area (Å²) in [4.78, 5) is 31.6. The van der Waals surface area contributed by atoms with Gasteiger partial charge in [0, 0.05) is 32.1 Å². The van der Waals surface area contributed by atoms with Gasteiger partial charge in [0.15, 0.2) is 0 Å². The standard InChI is InChI=1S/C21H29N3O4/c1-2-17-15-24(18-5-3-4-6-19(18)28-17)21(26)23-9-7-16(8-10-23)20(25)22-11-13-27-14-12-22/h3-6,16-17H,2,7-15H2,1H3/t17-/m0/s1. The first-order chi connectivity index (χ1) is 13.7. The molecular formula is C21H29N3O4. The molecule has 3 aliphatic rings.